The number of benzene rings is 1. The molecule has 0 saturated carbocycles. The Hall–Kier alpha value is -2.09. The minimum atomic E-state index is -3.37. The van der Waals surface area contributed by atoms with E-state index in [1.54, 1.807) is 0 Å². The summed E-state index contributed by atoms with van der Waals surface area (Å²) >= 11 is 0. The highest BCUT2D eigenvalue weighted by atomic mass is 32.2. The molecule has 2 N–H and O–H groups in total. The quantitative estimate of drug-likeness (QED) is 0.796. The van der Waals surface area contributed by atoms with E-state index in [-0.39, 0.29) is 30.8 Å². The standard InChI is InChI=1S/C18H25N3O4S/c1-13-4-3-5-14(10-13)6-8-20-17(23)21-11-18(12-21)15(16(22)19-2)7-9-26(18,24)25/h3-5,10,15H,6-9,11-12H2,1-2H3,(H,19,22)(H,20,23). The number of sulfone groups is 1. The lowest BCUT2D eigenvalue weighted by atomic mass is 9.83. The molecule has 7 nitrogen and oxygen atoms in total. The second kappa shape index (κ2) is 6.90. The predicted molar refractivity (Wildman–Crippen MR) is 98.5 cm³/mol. The maximum atomic E-state index is 12.5. The van der Waals surface area contributed by atoms with E-state index in [2.05, 4.69) is 16.7 Å². The molecular weight excluding hydrogens is 354 g/mol. The first kappa shape index (κ1) is 18.7. The number of hydrogen-bond acceptors (Lipinski definition) is 4. The molecule has 2 heterocycles. The van der Waals surface area contributed by atoms with Crippen molar-refractivity contribution in [2.75, 3.05) is 32.4 Å². The van der Waals surface area contributed by atoms with Crippen LogP contribution < -0.4 is 10.6 Å². The van der Waals surface area contributed by atoms with Crippen LogP contribution in [0.2, 0.25) is 0 Å². The van der Waals surface area contributed by atoms with E-state index in [9.17, 15) is 18.0 Å². The van der Waals surface area contributed by atoms with Gasteiger partial charge in [0, 0.05) is 26.7 Å². The Balaban J connectivity index is 1.56. The van der Waals surface area contributed by atoms with Crippen molar-refractivity contribution in [3.8, 4) is 0 Å². The summed E-state index contributed by atoms with van der Waals surface area (Å²) in [5, 5.41) is 5.38. The van der Waals surface area contributed by atoms with Gasteiger partial charge < -0.3 is 15.5 Å². The molecule has 3 amide bonds. The van der Waals surface area contributed by atoms with Crippen LogP contribution in [-0.4, -0.2) is 62.4 Å². The van der Waals surface area contributed by atoms with Crippen molar-refractivity contribution in [1.82, 2.24) is 15.5 Å². The highest BCUT2D eigenvalue weighted by Crippen LogP contribution is 2.44. The molecule has 0 bridgehead atoms. The summed E-state index contributed by atoms with van der Waals surface area (Å²) in [5.41, 5.74) is 2.31. The smallest absolute Gasteiger partial charge is 0.317 e. The minimum Gasteiger partial charge on any atom is -0.359 e. The SMILES string of the molecule is CNC(=O)C1CCS(=O)(=O)C12CN(C(=O)NCCc1cccc(C)c1)C2. The van der Waals surface area contributed by atoms with Crippen LogP contribution >= 0.6 is 0 Å². The molecule has 0 radical (unpaired) electrons. The molecule has 26 heavy (non-hydrogen) atoms. The van der Waals surface area contributed by atoms with Gasteiger partial charge >= 0.3 is 6.03 Å². The first-order valence-corrected chi connectivity index (χ1v) is 10.5. The molecule has 8 heteroatoms. The van der Waals surface area contributed by atoms with Crippen molar-refractivity contribution in [2.24, 2.45) is 5.92 Å². The van der Waals surface area contributed by atoms with Crippen LogP contribution in [-0.2, 0) is 21.1 Å². The zero-order valence-corrected chi connectivity index (χ0v) is 15.9. The number of nitrogens with zero attached hydrogens (tertiary/aromatic N) is 1. The lowest BCUT2D eigenvalue weighted by molar-refractivity contribution is -0.126. The number of carbonyl (C=O) groups excluding carboxylic acids is 2. The summed E-state index contributed by atoms with van der Waals surface area (Å²) < 4.78 is 23.8. The highest BCUT2D eigenvalue weighted by Gasteiger charge is 2.64. The Labute approximate surface area is 154 Å². The van der Waals surface area contributed by atoms with Crippen LogP contribution in [0.1, 0.15) is 17.5 Å². The Bertz CT molecular complexity index is 815. The third-order valence-electron chi connectivity index (χ3n) is 5.47. The van der Waals surface area contributed by atoms with Crippen molar-refractivity contribution in [3.05, 3.63) is 35.4 Å². The fourth-order valence-corrected chi connectivity index (χ4v) is 6.27. The fraction of sp³-hybridized carbons (Fsp3) is 0.556. The lowest BCUT2D eigenvalue weighted by Gasteiger charge is -2.49. The van der Waals surface area contributed by atoms with Crippen molar-refractivity contribution in [2.45, 2.75) is 24.5 Å². The summed E-state index contributed by atoms with van der Waals surface area (Å²) in [6.45, 7) is 2.68. The van der Waals surface area contributed by atoms with Crippen molar-refractivity contribution in [1.29, 1.82) is 0 Å². The normalized spacial score (nSPS) is 22.7. The van der Waals surface area contributed by atoms with Gasteiger partial charge in [-0.15, -0.1) is 0 Å². The highest BCUT2D eigenvalue weighted by molar-refractivity contribution is 7.93. The van der Waals surface area contributed by atoms with Gasteiger partial charge in [-0.05, 0) is 25.3 Å². The average molecular weight is 379 g/mol. The summed E-state index contributed by atoms with van der Waals surface area (Å²) in [4.78, 5) is 25.8. The van der Waals surface area contributed by atoms with E-state index in [4.69, 9.17) is 0 Å². The third kappa shape index (κ3) is 3.18. The monoisotopic (exact) mass is 379 g/mol. The summed E-state index contributed by atoms with van der Waals surface area (Å²) in [6.07, 6.45) is 1.04. The van der Waals surface area contributed by atoms with E-state index in [1.807, 2.05) is 25.1 Å². The Morgan fingerprint density at radius 1 is 1.31 bits per heavy atom. The zero-order valence-electron chi connectivity index (χ0n) is 15.1. The van der Waals surface area contributed by atoms with Crippen molar-refractivity contribution in [3.63, 3.8) is 0 Å². The van der Waals surface area contributed by atoms with Crippen molar-refractivity contribution >= 4 is 21.8 Å². The molecule has 1 aromatic carbocycles. The van der Waals surface area contributed by atoms with Gasteiger partial charge in [0.05, 0.1) is 11.7 Å². The number of aryl methyl sites for hydroxylation is 1. The first-order valence-electron chi connectivity index (χ1n) is 8.81. The van der Waals surface area contributed by atoms with Crippen LogP contribution in [0.4, 0.5) is 4.79 Å². The molecule has 1 aromatic rings. The second-order valence-corrected chi connectivity index (χ2v) is 9.62. The van der Waals surface area contributed by atoms with Gasteiger partial charge in [0.25, 0.3) is 0 Å². The number of carbonyl (C=O) groups is 2. The number of nitrogens with one attached hydrogen (secondary N) is 2. The van der Waals surface area contributed by atoms with Gasteiger partial charge in [-0.25, -0.2) is 13.2 Å². The second-order valence-electron chi connectivity index (χ2n) is 7.17. The number of urea groups is 1. The molecule has 2 aliphatic heterocycles. The molecule has 1 atom stereocenters. The molecule has 2 fully saturated rings. The predicted octanol–water partition coefficient (Wildman–Crippen LogP) is 0.482. The number of amides is 3. The van der Waals surface area contributed by atoms with Gasteiger partial charge in [-0.3, -0.25) is 4.79 Å². The van der Waals surface area contributed by atoms with E-state index < -0.39 is 20.5 Å². The Kier molecular flexibility index (Phi) is 4.96. The van der Waals surface area contributed by atoms with Gasteiger partial charge in [-0.1, -0.05) is 29.8 Å². The molecule has 2 saturated heterocycles. The van der Waals surface area contributed by atoms with Crippen molar-refractivity contribution < 1.29 is 18.0 Å². The van der Waals surface area contributed by atoms with Crippen LogP contribution in [0.5, 0.6) is 0 Å². The van der Waals surface area contributed by atoms with E-state index in [1.165, 1.54) is 17.5 Å². The van der Waals surface area contributed by atoms with Gasteiger partial charge in [0.2, 0.25) is 5.91 Å². The third-order valence-corrected chi connectivity index (χ3v) is 8.02. The maximum Gasteiger partial charge on any atom is 0.317 e. The van der Waals surface area contributed by atoms with E-state index in [0.29, 0.717) is 19.4 Å². The summed E-state index contributed by atoms with van der Waals surface area (Å²) in [6, 6.07) is 7.81. The average Bonchev–Trinajstić information content (AvgIpc) is 2.84. The fourth-order valence-electron chi connectivity index (χ4n) is 3.95. The van der Waals surface area contributed by atoms with Gasteiger partial charge in [0.1, 0.15) is 4.75 Å². The molecule has 0 aliphatic carbocycles. The van der Waals surface area contributed by atoms with Crippen LogP contribution in [0, 0.1) is 12.8 Å². The molecule has 0 aromatic heterocycles. The summed E-state index contributed by atoms with van der Waals surface area (Å²) in [5.74, 6) is -0.826. The van der Waals surface area contributed by atoms with Gasteiger partial charge in [0.15, 0.2) is 9.84 Å². The molecular formula is C18H25N3O4S. The van der Waals surface area contributed by atoms with E-state index in [0.717, 1.165) is 5.56 Å². The zero-order chi connectivity index (χ0) is 18.9. The number of hydrogen-bond donors (Lipinski definition) is 2. The van der Waals surface area contributed by atoms with Crippen LogP contribution in [0.15, 0.2) is 24.3 Å². The molecule has 1 spiro atoms. The Morgan fingerprint density at radius 3 is 2.69 bits per heavy atom. The summed E-state index contributed by atoms with van der Waals surface area (Å²) in [7, 11) is -1.86. The molecule has 2 aliphatic rings. The largest absolute Gasteiger partial charge is 0.359 e. The van der Waals surface area contributed by atoms with Crippen LogP contribution in [0.25, 0.3) is 0 Å². The molecule has 3 rings (SSSR count). The maximum absolute atomic E-state index is 12.5. The minimum absolute atomic E-state index is 0.00784. The number of rotatable bonds is 4. The Morgan fingerprint density at radius 2 is 2.04 bits per heavy atom. The van der Waals surface area contributed by atoms with E-state index >= 15 is 0 Å². The van der Waals surface area contributed by atoms with Crippen LogP contribution in [0.3, 0.4) is 0 Å². The first-order chi connectivity index (χ1) is 12.3. The topological polar surface area (TPSA) is 95.6 Å². The lowest BCUT2D eigenvalue weighted by Crippen LogP contribution is -2.71. The molecule has 142 valence electrons. The number of likely N-dealkylation sites (tertiary alicyclic amines) is 1. The van der Waals surface area contributed by atoms with Gasteiger partial charge in [-0.2, -0.15) is 0 Å². The molecule has 1 unspecified atom stereocenters.